The Bertz CT molecular complexity index is 927. The van der Waals surface area contributed by atoms with E-state index in [4.69, 9.17) is 0 Å². The third-order valence-corrected chi connectivity index (χ3v) is 8.34. The highest BCUT2D eigenvalue weighted by atomic mass is 32.2. The van der Waals surface area contributed by atoms with E-state index in [1.165, 1.54) is 30.6 Å². The molecule has 1 N–H and O–H groups in total. The summed E-state index contributed by atoms with van der Waals surface area (Å²) in [5.74, 6) is 0.483. The molecule has 4 rings (SSSR count). The van der Waals surface area contributed by atoms with Crippen LogP contribution >= 0.6 is 11.3 Å². The van der Waals surface area contributed by atoms with Crippen molar-refractivity contribution in [1.29, 1.82) is 0 Å². The second-order valence-corrected chi connectivity index (χ2v) is 10.5. The normalized spacial score (nSPS) is 19.6. The fourth-order valence-electron chi connectivity index (χ4n) is 4.02. The van der Waals surface area contributed by atoms with Gasteiger partial charge in [-0.2, -0.15) is 4.31 Å². The summed E-state index contributed by atoms with van der Waals surface area (Å²) in [6, 6.07) is 5.02. The summed E-state index contributed by atoms with van der Waals surface area (Å²) in [4.78, 5) is 17.1. The van der Waals surface area contributed by atoms with Crippen LogP contribution in [0.25, 0.3) is 10.2 Å². The summed E-state index contributed by atoms with van der Waals surface area (Å²) in [5, 5.41) is 3.44. The van der Waals surface area contributed by atoms with E-state index in [0.717, 1.165) is 30.4 Å². The first kappa shape index (κ1) is 18.8. The smallest absolute Gasteiger partial charge is 0.243 e. The largest absolute Gasteiger partial charge is 0.302 e. The molecular weight excluding hydrogens is 382 g/mol. The number of nitrogens with zero attached hydrogens (tertiary/aromatic N) is 2. The van der Waals surface area contributed by atoms with Gasteiger partial charge < -0.3 is 5.32 Å². The van der Waals surface area contributed by atoms with E-state index in [9.17, 15) is 13.2 Å². The molecule has 1 amide bonds. The van der Waals surface area contributed by atoms with Crippen molar-refractivity contribution in [2.24, 2.45) is 5.92 Å². The average molecular weight is 408 g/mol. The van der Waals surface area contributed by atoms with Gasteiger partial charge in [0.25, 0.3) is 0 Å². The summed E-state index contributed by atoms with van der Waals surface area (Å²) in [6.45, 7) is 1.18. The van der Waals surface area contributed by atoms with Crippen molar-refractivity contribution in [1.82, 2.24) is 9.29 Å². The number of benzene rings is 1. The maximum atomic E-state index is 12.7. The summed E-state index contributed by atoms with van der Waals surface area (Å²) < 4.78 is 27.8. The molecule has 146 valence electrons. The van der Waals surface area contributed by atoms with Gasteiger partial charge in [0, 0.05) is 19.5 Å². The molecule has 1 saturated carbocycles. The summed E-state index contributed by atoms with van der Waals surface area (Å²) >= 11 is 1.33. The molecule has 1 saturated heterocycles. The number of fused-ring (bicyclic) bond motifs is 1. The molecule has 1 aliphatic carbocycles. The number of aromatic nitrogens is 1. The lowest BCUT2D eigenvalue weighted by Crippen LogP contribution is -2.27. The van der Waals surface area contributed by atoms with E-state index >= 15 is 0 Å². The van der Waals surface area contributed by atoms with Gasteiger partial charge in [-0.3, -0.25) is 4.79 Å². The van der Waals surface area contributed by atoms with Crippen molar-refractivity contribution in [2.75, 3.05) is 18.4 Å². The van der Waals surface area contributed by atoms with Gasteiger partial charge in [0.1, 0.15) is 0 Å². The monoisotopic (exact) mass is 407 g/mol. The van der Waals surface area contributed by atoms with Crippen LogP contribution in [0.2, 0.25) is 0 Å². The topological polar surface area (TPSA) is 79.4 Å². The second kappa shape index (κ2) is 7.85. The number of hydrogen-bond donors (Lipinski definition) is 1. The molecule has 0 spiro atoms. The van der Waals surface area contributed by atoms with Gasteiger partial charge in [-0.1, -0.05) is 30.6 Å². The maximum Gasteiger partial charge on any atom is 0.243 e. The second-order valence-electron chi connectivity index (χ2n) is 7.52. The minimum atomic E-state index is -3.44. The van der Waals surface area contributed by atoms with Crippen molar-refractivity contribution >= 4 is 42.6 Å². The lowest BCUT2D eigenvalue weighted by atomic mass is 9.87. The lowest BCUT2D eigenvalue weighted by molar-refractivity contribution is -0.117. The molecule has 0 radical (unpaired) electrons. The Labute approximate surface area is 164 Å². The van der Waals surface area contributed by atoms with Crippen LogP contribution in [0, 0.1) is 5.92 Å². The first-order chi connectivity index (χ1) is 13.0. The van der Waals surface area contributed by atoms with Crippen LogP contribution in [0.5, 0.6) is 0 Å². The lowest BCUT2D eigenvalue weighted by Gasteiger charge is -2.20. The number of hydrogen-bond acceptors (Lipinski definition) is 5. The van der Waals surface area contributed by atoms with Crippen LogP contribution in [-0.4, -0.2) is 36.7 Å². The standard InChI is InChI=1S/C19H25N3O3S2/c23-18(12-14-6-2-1-3-7-14)21-19-20-16-9-8-15(13-17(16)26-19)27(24,25)22-10-4-5-11-22/h8-9,13-14H,1-7,10-12H2,(H,20,21,23). The van der Waals surface area contributed by atoms with Gasteiger partial charge in [-0.25, -0.2) is 13.4 Å². The fourth-order valence-corrected chi connectivity index (χ4v) is 6.56. The minimum absolute atomic E-state index is 0.00543. The zero-order chi connectivity index (χ0) is 18.9. The molecule has 2 heterocycles. The van der Waals surface area contributed by atoms with Gasteiger partial charge in [0.2, 0.25) is 15.9 Å². The number of sulfonamides is 1. The number of rotatable bonds is 5. The Hall–Kier alpha value is -1.51. The Morgan fingerprint density at radius 2 is 1.89 bits per heavy atom. The van der Waals surface area contributed by atoms with E-state index in [0.29, 0.717) is 41.0 Å². The van der Waals surface area contributed by atoms with E-state index in [1.54, 1.807) is 22.5 Å². The number of amides is 1. The maximum absolute atomic E-state index is 12.7. The van der Waals surface area contributed by atoms with Crippen LogP contribution in [0.4, 0.5) is 5.13 Å². The molecule has 1 aliphatic heterocycles. The molecular formula is C19H25N3O3S2. The first-order valence-electron chi connectivity index (χ1n) is 9.73. The highest BCUT2D eigenvalue weighted by molar-refractivity contribution is 7.89. The van der Waals surface area contributed by atoms with Gasteiger partial charge in [-0.05, 0) is 49.8 Å². The van der Waals surface area contributed by atoms with E-state index in [1.807, 2.05) is 0 Å². The molecule has 0 unspecified atom stereocenters. The van der Waals surface area contributed by atoms with E-state index in [-0.39, 0.29) is 5.91 Å². The predicted octanol–water partition coefficient (Wildman–Crippen LogP) is 3.99. The van der Waals surface area contributed by atoms with Gasteiger partial charge in [0.15, 0.2) is 5.13 Å². The van der Waals surface area contributed by atoms with Gasteiger partial charge in [-0.15, -0.1) is 0 Å². The molecule has 2 aliphatic rings. The van der Waals surface area contributed by atoms with Crippen LogP contribution in [0.1, 0.15) is 51.4 Å². The third kappa shape index (κ3) is 4.17. The Balaban J connectivity index is 1.48. The highest BCUT2D eigenvalue weighted by Gasteiger charge is 2.27. The Morgan fingerprint density at radius 3 is 2.63 bits per heavy atom. The molecule has 6 nitrogen and oxygen atoms in total. The summed E-state index contributed by atoms with van der Waals surface area (Å²) in [7, 11) is -3.44. The molecule has 0 bridgehead atoms. The summed E-state index contributed by atoms with van der Waals surface area (Å²) in [6.07, 6.45) is 8.35. The Morgan fingerprint density at radius 1 is 1.15 bits per heavy atom. The molecule has 0 atom stereocenters. The highest BCUT2D eigenvalue weighted by Crippen LogP contribution is 2.31. The van der Waals surface area contributed by atoms with Crippen LogP contribution in [-0.2, 0) is 14.8 Å². The van der Waals surface area contributed by atoms with Crippen LogP contribution < -0.4 is 5.32 Å². The average Bonchev–Trinajstić information content (AvgIpc) is 3.31. The number of carbonyl (C=O) groups is 1. The van der Waals surface area contributed by atoms with Crippen molar-refractivity contribution in [3.63, 3.8) is 0 Å². The predicted molar refractivity (Wildman–Crippen MR) is 107 cm³/mol. The SMILES string of the molecule is O=C(CC1CCCCC1)Nc1nc2ccc(S(=O)(=O)N3CCCC3)cc2s1. The third-order valence-electron chi connectivity index (χ3n) is 5.51. The molecule has 2 fully saturated rings. The van der Waals surface area contributed by atoms with Crippen molar-refractivity contribution in [3.05, 3.63) is 18.2 Å². The van der Waals surface area contributed by atoms with Crippen LogP contribution in [0.3, 0.4) is 0 Å². The fraction of sp³-hybridized carbons (Fsp3) is 0.579. The van der Waals surface area contributed by atoms with Gasteiger partial charge >= 0.3 is 0 Å². The zero-order valence-electron chi connectivity index (χ0n) is 15.3. The molecule has 27 heavy (non-hydrogen) atoms. The van der Waals surface area contributed by atoms with E-state index in [2.05, 4.69) is 10.3 Å². The van der Waals surface area contributed by atoms with Crippen molar-refractivity contribution in [2.45, 2.75) is 56.3 Å². The van der Waals surface area contributed by atoms with E-state index < -0.39 is 10.0 Å². The number of nitrogens with one attached hydrogen (secondary N) is 1. The molecule has 8 heteroatoms. The summed E-state index contributed by atoms with van der Waals surface area (Å²) in [5.41, 5.74) is 0.716. The quantitative estimate of drug-likeness (QED) is 0.813. The number of anilines is 1. The van der Waals surface area contributed by atoms with Gasteiger partial charge in [0.05, 0.1) is 15.1 Å². The molecule has 1 aromatic heterocycles. The van der Waals surface area contributed by atoms with Crippen molar-refractivity contribution < 1.29 is 13.2 Å². The van der Waals surface area contributed by atoms with Crippen molar-refractivity contribution in [3.8, 4) is 0 Å². The number of carbonyl (C=O) groups excluding carboxylic acids is 1. The Kier molecular flexibility index (Phi) is 5.48. The first-order valence-corrected chi connectivity index (χ1v) is 12.0. The minimum Gasteiger partial charge on any atom is -0.302 e. The molecule has 1 aromatic carbocycles. The molecule has 2 aromatic rings. The van der Waals surface area contributed by atoms with Crippen LogP contribution in [0.15, 0.2) is 23.1 Å². The number of thiazole rings is 1. The zero-order valence-corrected chi connectivity index (χ0v) is 16.9.